The summed E-state index contributed by atoms with van der Waals surface area (Å²) in [7, 11) is 0. The number of aliphatic hydroxyl groups is 1. The number of anilines is 1. The van der Waals surface area contributed by atoms with E-state index in [1.807, 2.05) is 49.1 Å². The first-order chi connectivity index (χ1) is 19.5. The van der Waals surface area contributed by atoms with Gasteiger partial charge in [-0.05, 0) is 81.2 Å². The van der Waals surface area contributed by atoms with Crippen molar-refractivity contribution in [2.45, 2.75) is 77.8 Å². The van der Waals surface area contributed by atoms with E-state index in [2.05, 4.69) is 47.9 Å². The molecule has 2 heterocycles. The van der Waals surface area contributed by atoms with Crippen LogP contribution in [-0.2, 0) is 9.59 Å². The van der Waals surface area contributed by atoms with Crippen molar-refractivity contribution in [3.8, 4) is 0 Å². The zero-order valence-corrected chi connectivity index (χ0v) is 25.8. The summed E-state index contributed by atoms with van der Waals surface area (Å²) in [6.45, 7) is 10.7. The number of hydrogen-bond acceptors (Lipinski definition) is 4. The lowest BCUT2D eigenvalue weighted by Gasteiger charge is -2.45. The zero-order valence-electron chi connectivity index (χ0n) is 25.1. The Balaban J connectivity index is 1.36. The van der Waals surface area contributed by atoms with Crippen molar-refractivity contribution in [1.82, 2.24) is 9.80 Å². The number of nitrogens with zero attached hydrogens (tertiary/aromatic N) is 3. The predicted octanol–water partition coefficient (Wildman–Crippen LogP) is 5.98. The van der Waals surface area contributed by atoms with Crippen molar-refractivity contribution in [3.05, 3.63) is 65.2 Å². The quantitative estimate of drug-likeness (QED) is 0.438. The molecule has 7 heteroatoms. The van der Waals surface area contributed by atoms with Crippen molar-refractivity contribution < 1.29 is 14.7 Å². The van der Waals surface area contributed by atoms with Crippen LogP contribution in [0.4, 0.5) is 5.69 Å². The summed E-state index contributed by atoms with van der Waals surface area (Å²) in [5, 5.41) is 10.8. The lowest BCUT2D eigenvalue weighted by molar-refractivity contribution is -0.149. The minimum atomic E-state index is -0.842. The van der Waals surface area contributed by atoms with E-state index in [1.54, 1.807) is 0 Å². The highest BCUT2D eigenvalue weighted by Gasteiger charge is 2.46. The van der Waals surface area contributed by atoms with E-state index in [0.717, 1.165) is 49.9 Å². The molecule has 2 aromatic rings. The van der Waals surface area contributed by atoms with E-state index < -0.39 is 5.41 Å². The number of rotatable bonds is 7. The van der Waals surface area contributed by atoms with E-state index in [0.29, 0.717) is 30.1 Å². The molecule has 0 bridgehead atoms. The highest BCUT2D eigenvalue weighted by Crippen LogP contribution is 2.41. The number of likely N-dealkylation sites (tertiary alicyclic amines) is 1. The van der Waals surface area contributed by atoms with Gasteiger partial charge in [-0.3, -0.25) is 9.59 Å². The molecule has 2 amide bonds. The summed E-state index contributed by atoms with van der Waals surface area (Å²) >= 11 is 6.21. The molecule has 2 saturated heterocycles. The number of aliphatic hydroxyl groups excluding tert-OH is 1. The van der Waals surface area contributed by atoms with Gasteiger partial charge in [0.15, 0.2) is 0 Å². The standard InChI is InChI=1S/C34H46ClN3O3/c1-33(2)17-14-27(15-18-33)38(32(41)34(3,4)23-39)28-16-19-36(20-28)31(40)30-22-37(26-8-6-5-7-9-26)21-29(30)24-10-12-25(35)13-11-24/h5-13,27-30,39H,14-23H2,1-4H3/t28-,29-,30+/m0/s1. The second-order valence-corrected chi connectivity index (χ2v) is 14.3. The molecule has 222 valence electrons. The summed E-state index contributed by atoms with van der Waals surface area (Å²) in [5.41, 5.74) is 1.71. The van der Waals surface area contributed by atoms with Crippen molar-refractivity contribution in [1.29, 1.82) is 0 Å². The summed E-state index contributed by atoms with van der Waals surface area (Å²) < 4.78 is 0. The van der Waals surface area contributed by atoms with Crippen LogP contribution in [0.1, 0.15) is 71.3 Å². The predicted molar refractivity (Wildman–Crippen MR) is 165 cm³/mol. The van der Waals surface area contributed by atoms with Crippen molar-refractivity contribution in [3.63, 3.8) is 0 Å². The molecule has 3 fully saturated rings. The van der Waals surface area contributed by atoms with Crippen LogP contribution in [-0.4, -0.2) is 71.6 Å². The van der Waals surface area contributed by atoms with E-state index in [-0.39, 0.29) is 42.3 Å². The Morgan fingerprint density at radius 3 is 2.24 bits per heavy atom. The van der Waals surface area contributed by atoms with Crippen LogP contribution >= 0.6 is 11.6 Å². The normalized spacial score (nSPS) is 25.0. The molecule has 41 heavy (non-hydrogen) atoms. The van der Waals surface area contributed by atoms with E-state index in [9.17, 15) is 14.7 Å². The molecule has 0 aromatic heterocycles. The van der Waals surface area contributed by atoms with Gasteiger partial charge in [0.2, 0.25) is 11.8 Å². The molecule has 0 radical (unpaired) electrons. The Morgan fingerprint density at radius 1 is 0.951 bits per heavy atom. The zero-order chi connectivity index (χ0) is 29.4. The molecule has 5 rings (SSSR count). The maximum atomic E-state index is 14.3. The smallest absolute Gasteiger partial charge is 0.231 e. The maximum Gasteiger partial charge on any atom is 0.231 e. The third-order valence-electron chi connectivity index (χ3n) is 9.84. The van der Waals surface area contributed by atoms with Gasteiger partial charge in [0, 0.05) is 48.8 Å². The van der Waals surface area contributed by atoms with Gasteiger partial charge in [-0.2, -0.15) is 0 Å². The third kappa shape index (κ3) is 6.44. The number of amides is 2. The number of hydrogen-bond donors (Lipinski definition) is 1. The average molecular weight is 580 g/mol. The molecule has 2 aromatic carbocycles. The maximum absolute atomic E-state index is 14.3. The van der Waals surface area contributed by atoms with Crippen molar-refractivity contribution in [2.75, 3.05) is 37.7 Å². The fourth-order valence-corrected chi connectivity index (χ4v) is 7.19. The molecule has 3 aliphatic rings. The molecule has 0 spiro atoms. The fourth-order valence-electron chi connectivity index (χ4n) is 7.06. The largest absolute Gasteiger partial charge is 0.395 e. The van der Waals surface area contributed by atoms with Crippen LogP contribution in [0, 0.1) is 16.7 Å². The molecule has 1 aliphatic carbocycles. The van der Waals surface area contributed by atoms with Gasteiger partial charge in [0.1, 0.15) is 0 Å². The Morgan fingerprint density at radius 2 is 1.61 bits per heavy atom. The van der Waals surface area contributed by atoms with Gasteiger partial charge in [0.25, 0.3) is 0 Å². The van der Waals surface area contributed by atoms with Crippen LogP contribution in [0.5, 0.6) is 0 Å². The lowest BCUT2D eigenvalue weighted by atomic mass is 9.74. The minimum absolute atomic E-state index is 0.0131. The number of benzene rings is 2. The summed E-state index contributed by atoms with van der Waals surface area (Å²) in [4.78, 5) is 34.6. The monoisotopic (exact) mass is 579 g/mol. The molecule has 6 nitrogen and oxygen atoms in total. The van der Waals surface area contributed by atoms with Gasteiger partial charge >= 0.3 is 0 Å². The second kappa shape index (κ2) is 12.0. The Bertz CT molecular complexity index is 1210. The van der Waals surface area contributed by atoms with Crippen molar-refractivity contribution in [2.24, 2.45) is 16.7 Å². The number of para-hydroxylation sites is 1. The first-order valence-electron chi connectivity index (χ1n) is 15.3. The average Bonchev–Trinajstić information content (AvgIpc) is 3.63. The Labute approximate surface area is 250 Å². The summed E-state index contributed by atoms with van der Waals surface area (Å²) in [6, 6.07) is 18.4. The SMILES string of the molecule is CC1(C)CCC(N(C(=O)C(C)(C)CO)[C@H]2CCN(C(=O)[C@@H]3CN(c4ccccc4)C[C@H]3c3ccc(Cl)cc3)C2)CC1. The second-order valence-electron chi connectivity index (χ2n) is 13.9. The summed E-state index contributed by atoms with van der Waals surface area (Å²) in [6.07, 6.45) is 4.88. The van der Waals surface area contributed by atoms with Gasteiger partial charge < -0.3 is 19.8 Å². The van der Waals surface area contributed by atoms with Crippen LogP contribution < -0.4 is 4.90 Å². The molecule has 0 unspecified atom stereocenters. The molecule has 1 N–H and O–H groups in total. The van der Waals surface area contributed by atoms with E-state index in [4.69, 9.17) is 11.6 Å². The minimum Gasteiger partial charge on any atom is -0.395 e. The summed E-state index contributed by atoms with van der Waals surface area (Å²) in [5.74, 6) is 0.0675. The Hall–Kier alpha value is -2.57. The third-order valence-corrected chi connectivity index (χ3v) is 10.1. The first kappa shape index (κ1) is 29.9. The van der Waals surface area contributed by atoms with Gasteiger partial charge in [-0.15, -0.1) is 0 Å². The highest BCUT2D eigenvalue weighted by atomic mass is 35.5. The fraction of sp³-hybridized carbons (Fsp3) is 0.588. The number of carbonyl (C=O) groups excluding carboxylic acids is 2. The van der Waals surface area contributed by atoms with Crippen LogP contribution in [0.2, 0.25) is 5.02 Å². The molecular weight excluding hydrogens is 534 g/mol. The first-order valence-corrected chi connectivity index (χ1v) is 15.6. The number of carbonyl (C=O) groups is 2. The van der Waals surface area contributed by atoms with Crippen LogP contribution in [0.15, 0.2) is 54.6 Å². The van der Waals surface area contributed by atoms with Crippen molar-refractivity contribution >= 4 is 29.1 Å². The van der Waals surface area contributed by atoms with Gasteiger partial charge in [-0.1, -0.05) is 55.8 Å². The van der Waals surface area contributed by atoms with E-state index in [1.165, 1.54) is 0 Å². The van der Waals surface area contributed by atoms with Gasteiger partial charge in [-0.25, -0.2) is 0 Å². The Kier molecular flexibility index (Phi) is 8.73. The van der Waals surface area contributed by atoms with E-state index >= 15 is 0 Å². The molecular formula is C34H46ClN3O3. The highest BCUT2D eigenvalue weighted by molar-refractivity contribution is 6.30. The van der Waals surface area contributed by atoms with Crippen LogP contribution in [0.3, 0.4) is 0 Å². The van der Waals surface area contributed by atoms with Gasteiger partial charge in [0.05, 0.1) is 24.0 Å². The molecule has 3 atom stereocenters. The topological polar surface area (TPSA) is 64.1 Å². The molecule has 2 aliphatic heterocycles. The lowest BCUT2D eigenvalue weighted by Crippen LogP contribution is -2.55. The molecule has 1 saturated carbocycles. The number of halogens is 1. The van der Waals surface area contributed by atoms with Crippen LogP contribution in [0.25, 0.3) is 0 Å².